The van der Waals surface area contributed by atoms with Gasteiger partial charge in [-0.15, -0.1) is 0 Å². The summed E-state index contributed by atoms with van der Waals surface area (Å²) in [6.07, 6.45) is 2.02. The highest BCUT2D eigenvalue weighted by Crippen LogP contribution is 2.23. The molecule has 0 aliphatic heterocycles. The Balaban J connectivity index is 1.94. The number of carbonyl (C=O) groups is 1. The summed E-state index contributed by atoms with van der Waals surface area (Å²) < 4.78 is 31.1. The number of nitrogens with zero attached hydrogens (tertiary/aromatic N) is 1. The van der Waals surface area contributed by atoms with Crippen LogP contribution in [0.25, 0.3) is 0 Å². The van der Waals surface area contributed by atoms with E-state index in [0.29, 0.717) is 10.7 Å². The number of amides is 1. The van der Waals surface area contributed by atoms with E-state index in [1.165, 1.54) is 12.5 Å². The Morgan fingerprint density at radius 1 is 1.14 bits per heavy atom. The van der Waals surface area contributed by atoms with Gasteiger partial charge in [-0.25, -0.2) is 8.42 Å². The van der Waals surface area contributed by atoms with Crippen molar-refractivity contribution >= 4 is 33.2 Å². The molecule has 2 aromatic carbocycles. The van der Waals surface area contributed by atoms with Gasteiger partial charge in [0.1, 0.15) is 18.4 Å². The molecular formula is C20H25ClN2O4S. The molecular weight excluding hydrogens is 400 g/mol. The van der Waals surface area contributed by atoms with Crippen LogP contribution >= 0.6 is 11.6 Å². The fourth-order valence-electron chi connectivity index (χ4n) is 2.71. The number of rotatable bonds is 9. The van der Waals surface area contributed by atoms with Crippen molar-refractivity contribution in [3.8, 4) is 5.75 Å². The first-order chi connectivity index (χ1) is 13.2. The van der Waals surface area contributed by atoms with Gasteiger partial charge in [-0.2, -0.15) is 0 Å². The van der Waals surface area contributed by atoms with Crippen LogP contribution in [0.5, 0.6) is 5.75 Å². The second-order valence-corrected chi connectivity index (χ2v) is 8.64. The zero-order valence-corrected chi connectivity index (χ0v) is 17.8. The molecule has 1 atom stereocenters. The number of nitrogens with one attached hydrogen (secondary N) is 1. The van der Waals surface area contributed by atoms with Crippen molar-refractivity contribution in [2.45, 2.75) is 26.3 Å². The summed E-state index contributed by atoms with van der Waals surface area (Å²) in [5, 5.41) is 3.20. The van der Waals surface area contributed by atoms with Crippen molar-refractivity contribution in [2.24, 2.45) is 0 Å². The first-order valence-electron chi connectivity index (χ1n) is 8.96. The molecule has 2 aromatic rings. The smallest absolute Gasteiger partial charge is 0.243 e. The van der Waals surface area contributed by atoms with Gasteiger partial charge in [0.05, 0.1) is 18.5 Å². The summed E-state index contributed by atoms with van der Waals surface area (Å²) >= 11 is 5.86. The maximum absolute atomic E-state index is 12.5. The number of aryl methyl sites for hydroxylation is 1. The summed E-state index contributed by atoms with van der Waals surface area (Å²) in [5.74, 6) is 0.309. The molecule has 0 bridgehead atoms. The molecule has 0 aromatic heterocycles. The van der Waals surface area contributed by atoms with Crippen LogP contribution in [-0.2, 0) is 21.2 Å². The summed E-state index contributed by atoms with van der Waals surface area (Å²) in [5.41, 5.74) is 1.60. The number of sulfonamides is 1. The van der Waals surface area contributed by atoms with E-state index in [-0.39, 0.29) is 13.2 Å². The van der Waals surface area contributed by atoms with Gasteiger partial charge in [0, 0.05) is 5.02 Å². The average molecular weight is 425 g/mol. The fourth-order valence-corrected chi connectivity index (χ4v) is 4.01. The Hall–Kier alpha value is -2.25. The molecule has 2 rings (SSSR count). The highest BCUT2D eigenvalue weighted by Gasteiger charge is 2.28. The van der Waals surface area contributed by atoms with E-state index in [4.69, 9.17) is 16.3 Å². The van der Waals surface area contributed by atoms with E-state index in [1.54, 1.807) is 24.3 Å². The van der Waals surface area contributed by atoms with Crippen LogP contribution in [0.4, 0.5) is 5.69 Å². The molecule has 0 saturated heterocycles. The molecule has 28 heavy (non-hydrogen) atoms. The standard InChI is InChI=1S/C20H25ClN2O4S/c1-4-16-5-11-19(12-6-16)27-14-13-22-20(24)15(2)23(28(3,25)26)18-9-7-17(21)8-10-18/h5-12,15H,4,13-14H2,1-3H3,(H,22,24)/t15-/m1/s1. The minimum Gasteiger partial charge on any atom is -0.492 e. The average Bonchev–Trinajstić information content (AvgIpc) is 2.66. The molecule has 0 radical (unpaired) electrons. The quantitative estimate of drug-likeness (QED) is 0.627. The molecule has 0 aliphatic rings. The fraction of sp³-hybridized carbons (Fsp3) is 0.350. The van der Waals surface area contributed by atoms with Gasteiger partial charge in [0.2, 0.25) is 15.9 Å². The van der Waals surface area contributed by atoms with Crippen molar-refractivity contribution in [2.75, 3.05) is 23.7 Å². The molecule has 0 aliphatic carbocycles. The molecule has 0 fully saturated rings. The largest absolute Gasteiger partial charge is 0.492 e. The van der Waals surface area contributed by atoms with Crippen molar-refractivity contribution in [1.82, 2.24) is 5.32 Å². The number of ether oxygens (including phenoxy) is 1. The third-order valence-corrected chi connectivity index (χ3v) is 5.66. The number of hydrogen-bond donors (Lipinski definition) is 1. The van der Waals surface area contributed by atoms with Gasteiger partial charge < -0.3 is 10.1 Å². The first-order valence-corrected chi connectivity index (χ1v) is 11.2. The lowest BCUT2D eigenvalue weighted by atomic mass is 10.2. The lowest BCUT2D eigenvalue weighted by Gasteiger charge is -2.28. The van der Waals surface area contributed by atoms with Crippen LogP contribution in [0, 0.1) is 0 Å². The number of hydrogen-bond acceptors (Lipinski definition) is 4. The summed E-state index contributed by atoms with van der Waals surface area (Å²) in [6, 6.07) is 13.1. The van der Waals surface area contributed by atoms with Crippen LogP contribution in [-0.4, -0.2) is 39.8 Å². The van der Waals surface area contributed by atoms with Crippen molar-refractivity contribution in [1.29, 1.82) is 0 Å². The van der Waals surface area contributed by atoms with Crippen molar-refractivity contribution in [3.63, 3.8) is 0 Å². The Bertz CT molecular complexity index is 883. The number of anilines is 1. The summed E-state index contributed by atoms with van der Waals surface area (Å²) in [6.45, 7) is 4.16. The molecule has 1 amide bonds. The van der Waals surface area contributed by atoms with Crippen LogP contribution in [0.1, 0.15) is 19.4 Å². The van der Waals surface area contributed by atoms with Gasteiger partial charge in [-0.3, -0.25) is 9.10 Å². The Morgan fingerprint density at radius 3 is 2.29 bits per heavy atom. The van der Waals surface area contributed by atoms with Crippen molar-refractivity contribution < 1.29 is 17.9 Å². The summed E-state index contributed by atoms with van der Waals surface area (Å²) in [4.78, 5) is 12.5. The minimum absolute atomic E-state index is 0.261. The molecule has 0 unspecified atom stereocenters. The third kappa shape index (κ3) is 6.14. The maximum Gasteiger partial charge on any atom is 0.243 e. The minimum atomic E-state index is -3.66. The summed E-state index contributed by atoms with van der Waals surface area (Å²) in [7, 11) is -3.66. The lowest BCUT2D eigenvalue weighted by molar-refractivity contribution is -0.121. The topological polar surface area (TPSA) is 75.7 Å². The zero-order valence-electron chi connectivity index (χ0n) is 16.2. The van der Waals surface area contributed by atoms with E-state index in [9.17, 15) is 13.2 Å². The van der Waals surface area contributed by atoms with Gasteiger partial charge in [0.15, 0.2) is 0 Å². The molecule has 8 heteroatoms. The molecule has 6 nitrogen and oxygen atoms in total. The predicted molar refractivity (Wildman–Crippen MR) is 113 cm³/mol. The van der Waals surface area contributed by atoms with Crippen LogP contribution < -0.4 is 14.4 Å². The predicted octanol–water partition coefficient (Wildman–Crippen LogP) is 3.25. The highest BCUT2D eigenvalue weighted by atomic mass is 35.5. The number of benzene rings is 2. The lowest BCUT2D eigenvalue weighted by Crippen LogP contribution is -2.48. The molecule has 0 heterocycles. The second kappa shape index (κ2) is 9.80. The number of carbonyl (C=O) groups excluding carboxylic acids is 1. The van der Waals surface area contributed by atoms with Crippen LogP contribution in [0.3, 0.4) is 0 Å². The van der Waals surface area contributed by atoms with E-state index < -0.39 is 22.0 Å². The monoisotopic (exact) mass is 424 g/mol. The molecule has 1 N–H and O–H groups in total. The Labute approximate surface area is 171 Å². The number of halogens is 1. The molecule has 0 spiro atoms. The van der Waals surface area contributed by atoms with E-state index >= 15 is 0 Å². The Kier molecular flexibility index (Phi) is 7.71. The van der Waals surface area contributed by atoms with Gasteiger partial charge in [0.25, 0.3) is 0 Å². The van der Waals surface area contributed by atoms with Crippen LogP contribution in [0.15, 0.2) is 48.5 Å². The van der Waals surface area contributed by atoms with Gasteiger partial charge in [-0.05, 0) is 55.3 Å². The zero-order chi connectivity index (χ0) is 20.7. The van der Waals surface area contributed by atoms with Gasteiger partial charge >= 0.3 is 0 Å². The van der Waals surface area contributed by atoms with Crippen LogP contribution in [0.2, 0.25) is 5.02 Å². The van der Waals surface area contributed by atoms with E-state index in [0.717, 1.165) is 22.7 Å². The molecule has 152 valence electrons. The first kappa shape index (κ1) is 22.0. The maximum atomic E-state index is 12.5. The SMILES string of the molecule is CCc1ccc(OCCNC(=O)[C@@H](C)N(c2ccc(Cl)cc2)S(C)(=O)=O)cc1. The second-order valence-electron chi connectivity index (χ2n) is 6.35. The van der Waals surface area contributed by atoms with E-state index in [2.05, 4.69) is 12.2 Å². The Morgan fingerprint density at radius 2 is 1.75 bits per heavy atom. The third-order valence-electron chi connectivity index (χ3n) is 4.17. The normalized spacial score (nSPS) is 12.3. The van der Waals surface area contributed by atoms with E-state index in [1.807, 2.05) is 24.3 Å². The molecule has 0 saturated carbocycles. The van der Waals surface area contributed by atoms with Crippen molar-refractivity contribution in [3.05, 3.63) is 59.1 Å². The highest BCUT2D eigenvalue weighted by molar-refractivity contribution is 7.92. The van der Waals surface area contributed by atoms with Gasteiger partial charge in [-0.1, -0.05) is 30.7 Å².